The van der Waals surface area contributed by atoms with E-state index in [4.69, 9.17) is 23.7 Å². The van der Waals surface area contributed by atoms with Gasteiger partial charge in [-0.05, 0) is 225 Å². The van der Waals surface area contributed by atoms with Crippen LogP contribution in [0.1, 0.15) is 146 Å². The fraction of sp³-hybridized carbons (Fsp3) is 0.312. The summed E-state index contributed by atoms with van der Waals surface area (Å²) in [6.07, 6.45) is 1.89. The van der Waals surface area contributed by atoms with E-state index >= 15 is 43.9 Å². The van der Waals surface area contributed by atoms with Gasteiger partial charge in [-0.1, -0.05) is 101 Å². The summed E-state index contributed by atoms with van der Waals surface area (Å²) in [6.45, 7) is 8.70. The molecule has 0 aliphatic heterocycles. The number of aromatic nitrogens is 5. The van der Waals surface area contributed by atoms with Crippen molar-refractivity contribution in [2.24, 2.45) is 0 Å². The van der Waals surface area contributed by atoms with Crippen LogP contribution in [0.15, 0.2) is 182 Å². The predicted octanol–water partition coefficient (Wildman–Crippen LogP) is 19.3. The molecular formula is C80H77F10N5O5. The van der Waals surface area contributed by atoms with Crippen molar-refractivity contribution in [3.63, 3.8) is 0 Å². The fourth-order valence-corrected chi connectivity index (χ4v) is 14.3. The number of pyridine rings is 5. The average molecular weight is 1380 g/mol. The number of ether oxygens (including phenoxy) is 5. The van der Waals surface area contributed by atoms with Gasteiger partial charge in [0.2, 0.25) is 59.5 Å². The Kier molecular flexibility index (Phi) is 24.6. The molecule has 0 fully saturated rings. The second-order valence-corrected chi connectivity index (χ2v) is 24.6. The van der Waals surface area contributed by atoms with Gasteiger partial charge in [-0.25, -0.2) is 0 Å². The van der Waals surface area contributed by atoms with Gasteiger partial charge in [-0.2, -0.15) is 68.8 Å². The molecule has 10 aromatic rings. The van der Waals surface area contributed by atoms with E-state index in [0.29, 0.717) is 53.6 Å². The van der Waals surface area contributed by atoms with Crippen LogP contribution >= 0.6 is 0 Å². The highest BCUT2D eigenvalue weighted by Gasteiger charge is 2.69. The molecule has 0 spiro atoms. The Morgan fingerprint density at radius 2 is 0.610 bits per heavy atom. The molecule has 5 heterocycles. The smallest absolute Gasteiger partial charge is 0.219 e. The van der Waals surface area contributed by atoms with Gasteiger partial charge in [0, 0.05) is 38.6 Å². The maximum absolute atomic E-state index is 19.9. The van der Waals surface area contributed by atoms with Crippen LogP contribution in [0, 0.1) is 59.5 Å². The number of halogens is 10. The summed E-state index contributed by atoms with van der Waals surface area (Å²) < 4.78 is 201. The molecule has 0 aliphatic rings. The van der Waals surface area contributed by atoms with Crippen LogP contribution in [0.5, 0.6) is 28.7 Å². The molecule has 0 amide bonds. The number of hydrogen-bond donors (Lipinski definition) is 0. The van der Waals surface area contributed by atoms with Crippen molar-refractivity contribution in [3.8, 4) is 28.7 Å². The number of nitrogens with zero attached hydrogens (tertiary/aromatic N) is 5. The monoisotopic (exact) mass is 1380 g/mol. The van der Waals surface area contributed by atoms with Crippen LogP contribution < -0.4 is 23.7 Å². The first kappa shape index (κ1) is 72.9. The molecular weight excluding hydrogens is 1300 g/mol. The number of hydrogen-bond acceptors (Lipinski definition) is 10. The number of benzene rings is 5. The molecule has 5 aromatic carbocycles. The highest BCUT2D eigenvalue weighted by molar-refractivity contribution is 5.58. The number of rotatable bonds is 34. The Morgan fingerprint density at radius 1 is 0.300 bits per heavy atom. The zero-order valence-corrected chi connectivity index (χ0v) is 56.1. The fourth-order valence-electron chi connectivity index (χ4n) is 14.3. The van der Waals surface area contributed by atoms with Crippen molar-refractivity contribution in [2.75, 3.05) is 33.5 Å². The summed E-state index contributed by atoms with van der Waals surface area (Å²) in [5.41, 5.74) is -5.41. The average Bonchev–Trinajstić information content (AvgIpc) is 0.670. The zero-order chi connectivity index (χ0) is 70.9. The van der Waals surface area contributed by atoms with Gasteiger partial charge in [0.15, 0.2) is 0 Å². The van der Waals surface area contributed by atoms with Crippen LogP contribution in [0.25, 0.3) is 0 Å². The van der Waals surface area contributed by atoms with Gasteiger partial charge < -0.3 is 23.7 Å². The van der Waals surface area contributed by atoms with Gasteiger partial charge >= 0.3 is 0 Å². The molecule has 0 radical (unpaired) electrons. The molecule has 6 atom stereocenters. The highest BCUT2D eigenvalue weighted by Crippen LogP contribution is 2.71. The van der Waals surface area contributed by atoms with E-state index in [-0.39, 0.29) is 70.9 Å². The van der Waals surface area contributed by atoms with Crippen LogP contribution in [0.2, 0.25) is 0 Å². The van der Waals surface area contributed by atoms with Crippen LogP contribution in [-0.4, -0.2) is 58.5 Å². The van der Waals surface area contributed by atoms with Crippen molar-refractivity contribution < 1.29 is 67.6 Å². The van der Waals surface area contributed by atoms with Gasteiger partial charge in [-0.15, -0.1) is 0 Å². The number of unbranched alkanes of at least 4 members (excludes halogenated alkanes) is 3. The van der Waals surface area contributed by atoms with E-state index < -0.39 is 125 Å². The Bertz CT molecular complexity index is 4310. The standard InChI is InChI=1S/C80H77F10N5O5/c1-6-10-12-45-100-63-35-25-58(26-36-63)79(65(46-54-21-38-69(81)91-74(54)86)50-15-29-60(30-16-50)97-9-4,66(47-55-22-39-70(82)92-75(55)87)51-17-33-62(34-18-51)99-44-11-7-2)80(64-37-42-73(85)95-78(64)90,67(52-13-27-59(96-5)28-14-52)48-56-23-40-71(83)93-76(56)88)68(49-57-24-41-72(84)94-77(57)89)53-19-31-61(32-20-53)98-43-8-3/h13-42,65-68H,6-12,43-49H2,1-5H3. The van der Waals surface area contributed by atoms with Gasteiger partial charge in [-0.3, -0.25) is 0 Å². The molecule has 6 unspecified atom stereocenters. The van der Waals surface area contributed by atoms with Gasteiger partial charge in [0.1, 0.15) is 28.7 Å². The van der Waals surface area contributed by atoms with E-state index in [1.165, 1.54) is 37.4 Å². The van der Waals surface area contributed by atoms with E-state index in [0.717, 1.165) is 49.6 Å². The second kappa shape index (κ2) is 33.8. The SMILES string of the molecule is CCCCCOc1ccc(C(C(Cc2ccc(F)nc2F)c2ccc(OCC)cc2)(C(Cc2ccc(F)nc2F)c2ccc(OCCCC)cc2)C(c2ccc(F)nc2F)(C(Cc2ccc(F)nc2F)c2ccc(OC)cc2)C(Cc2ccc(F)nc2F)c2ccc(OCCC)cc2)cc1. The number of methoxy groups -OCH3 is 1. The Balaban J connectivity index is 1.59. The molecule has 20 heteroatoms. The van der Waals surface area contributed by atoms with Crippen molar-refractivity contribution in [3.05, 3.63) is 297 Å². The Labute approximate surface area is 575 Å². The van der Waals surface area contributed by atoms with Gasteiger partial charge in [0.25, 0.3) is 0 Å². The highest BCUT2D eigenvalue weighted by atomic mass is 19.2. The zero-order valence-electron chi connectivity index (χ0n) is 56.1. The summed E-state index contributed by atoms with van der Waals surface area (Å²) in [5.74, 6) is -17.6. The molecule has 522 valence electrons. The van der Waals surface area contributed by atoms with Crippen LogP contribution in [0.4, 0.5) is 43.9 Å². The third-order valence-corrected chi connectivity index (χ3v) is 18.7. The molecule has 0 aliphatic carbocycles. The molecule has 0 saturated carbocycles. The first-order chi connectivity index (χ1) is 48.4. The minimum Gasteiger partial charge on any atom is -0.497 e. The lowest BCUT2D eigenvalue weighted by Crippen LogP contribution is -2.64. The minimum atomic E-state index is -2.64. The third kappa shape index (κ3) is 16.4. The maximum Gasteiger partial charge on any atom is 0.219 e. The van der Waals surface area contributed by atoms with Crippen molar-refractivity contribution in [1.29, 1.82) is 0 Å². The largest absolute Gasteiger partial charge is 0.497 e. The van der Waals surface area contributed by atoms with Crippen molar-refractivity contribution in [2.45, 2.75) is 126 Å². The Hall–Kier alpha value is -9.85. The van der Waals surface area contributed by atoms with E-state index in [1.807, 2.05) is 20.8 Å². The summed E-state index contributed by atoms with van der Waals surface area (Å²) >= 11 is 0. The Morgan fingerprint density at radius 3 is 0.940 bits per heavy atom. The summed E-state index contributed by atoms with van der Waals surface area (Å²) in [4.78, 5) is 18.9. The maximum atomic E-state index is 19.9. The molecule has 0 N–H and O–H groups in total. The van der Waals surface area contributed by atoms with Gasteiger partial charge in [0.05, 0.1) is 33.5 Å². The summed E-state index contributed by atoms with van der Waals surface area (Å²) in [6, 6.07) is 43.9. The lowest BCUT2D eigenvalue weighted by molar-refractivity contribution is 0.0641. The molecule has 100 heavy (non-hydrogen) atoms. The molecule has 0 saturated heterocycles. The second-order valence-electron chi connectivity index (χ2n) is 24.6. The lowest BCUT2D eigenvalue weighted by atomic mass is 9.36. The summed E-state index contributed by atoms with van der Waals surface area (Å²) in [5, 5.41) is 0. The predicted molar refractivity (Wildman–Crippen MR) is 361 cm³/mol. The van der Waals surface area contributed by atoms with Crippen LogP contribution in [-0.2, 0) is 36.5 Å². The molecule has 10 rings (SSSR count). The molecule has 10 nitrogen and oxygen atoms in total. The first-order valence-electron chi connectivity index (χ1n) is 33.6. The quantitative estimate of drug-likeness (QED) is 0.0220. The van der Waals surface area contributed by atoms with Crippen molar-refractivity contribution in [1.82, 2.24) is 24.9 Å². The summed E-state index contributed by atoms with van der Waals surface area (Å²) in [7, 11) is 1.42. The minimum absolute atomic E-state index is 0.178. The van der Waals surface area contributed by atoms with E-state index in [9.17, 15) is 0 Å². The normalized spacial score (nSPS) is 13.9. The molecule has 5 aromatic heterocycles. The van der Waals surface area contributed by atoms with Crippen LogP contribution in [0.3, 0.4) is 0 Å². The first-order valence-corrected chi connectivity index (χ1v) is 33.6. The van der Waals surface area contributed by atoms with Crippen molar-refractivity contribution >= 4 is 0 Å². The topological polar surface area (TPSA) is 111 Å². The van der Waals surface area contributed by atoms with E-state index in [1.54, 1.807) is 128 Å². The van der Waals surface area contributed by atoms with E-state index in [2.05, 4.69) is 24.9 Å². The lowest BCUT2D eigenvalue weighted by Gasteiger charge is -2.65. The third-order valence-electron chi connectivity index (χ3n) is 18.7. The molecule has 0 bridgehead atoms.